The fraction of sp³-hybridized carbons (Fsp3) is 0.500. The fourth-order valence-electron chi connectivity index (χ4n) is 1.91. The smallest absolute Gasteiger partial charge is 0.334 e. The molecule has 128 valence electrons. The van der Waals surface area contributed by atoms with E-state index in [4.69, 9.17) is 0 Å². The maximum absolute atomic E-state index is 12.6. The first-order valence-electron chi connectivity index (χ1n) is 7.32. The van der Waals surface area contributed by atoms with Crippen molar-refractivity contribution in [2.24, 2.45) is 5.92 Å². The van der Waals surface area contributed by atoms with Crippen molar-refractivity contribution < 1.29 is 22.8 Å². The maximum atomic E-state index is 12.6. The second-order valence-electron chi connectivity index (χ2n) is 5.75. The van der Waals surface area contributed by atoms with Crippen molar-refractivity contribution in [3.05, 3.63) is 29.8 Å². The van der Waals surface area contributed by atoms with Gasteiger partial charge in [-0.05, 0) is 30.5 Å². The number of carbonyl (C=O) groups is 2. The zero-order valence-corrected chi connectivity index (χ0v) is 13.4. The highest BCUT2D eigenvalue weighted by molar-refractivity contribution is 5.94. The Morgan fingerprint density at radius 3 is 2.43 bits per heavy atom. The van der Waals surface area contributed by atoms with E-state index >= 15 is 0 Å². The molecule has 4 nitrogen and oxygen atoms in total. The zero-order chi connectivity index (χ0) is 17.6. The number of hydrogen-bond acceptors (Lipinski definition) is 2. The normalized spacial score (nSPS) is 11.4. The van der Waals surface area contributed by atoms with Gasteiger partial charge in [-0.2, -0.15) is 13.2 Å². The molecular formula is C16H21F3N2O2. The summed E-state index contributed by atoms with van der Waals surface area (Å²) in [5.74, 6) is -0.392. The van der Waals surface area contributed by atoms with Crippen LogP contribution in [0.4, 0.5) is 18.9 Å². The molecule has 1 N–H and O–H groups in total. The van der Waals surface area contributed by atoms with Gasteiger partial charge in [0.25, 0.3) is 0 Å². The van der Waals surface area contributed by atoms with E-state index in [1.54, 1.807) is 0 Å². The molecule has 0 fully saturated rings. The first kappa shape index (κ1) is 19.0. The average molecular weight is 330 g/mol. The van der Waals surface area contributed by atoms with E-state index in [-0.39, 0.29) is 18.1 Å². The second-order valence-corrected chi connectivity index (χ2v) is 5.75. The molecule has 1 aromatic rings. The van der Waals surface area contributed by atoms with Gasteiger partial charge < -0.3 is 10.2 Å². The van der Waals surface area contributed by atoms with Gasteiger partial charge in [0.05, 0.1) is 12.1 Å². The number of benzene rings is 1. The van der Waals surface area contributed by atoms with Crippen molar-refractivity contribution >= 4 is 17.5 Å². The van der Waals surface area contributed by atoms with E-state index in [2.05, 4.69) is 5.32 Å². The Balaban J connectivity index is 2.69. The third kappa shape index (κ3) is 6.71. The van der Waals surface area contributed by atoms with Crippen molar-refractivity contribution in [2.45, 2.75) is 33.4 Å². The van der Waals surface area contributed by atoms with Crippen molar-refractivity contribution in [1.29, 1.82) is 0 Å². The van der Waals surface area contributed by atoms with Crippen LogP contribution in [0.25, 0.3) is 0 Å². The minimum Gasteiger partial charge on any atom is -0.334 e. The molecule has 0 atom stereocenters. The summed E-state index contributed by atoms with van der Waals surface area (Å²) in [6.07, 6.45) is -3.72. The Labute approximate surface area is 133 Å². The molecule has 1 aromatic carbocycles. The van der Waals surface area contributed by atoms with Crippen LogP contribution >= 0.6 is 0 Å². The predicted molar refractivity (Wildman–Crippen MR) is 81.8 cm³/mol. The van der Waals surface area contributed by atoms with Crippen molar-refractivity contribution in [3.8, 4) is 0 Å². The summed E-state index contributed by atoms with van der Waals surface area (Å²) >= 11 is 0. The lowest BCUT2D eigenvalue weighted by Crippen LogP contribution is -2.37. The van der Waals surface area contributed by atoms with Crippen LogP contribution < -0.4 is 5.32 Å². The molecule has 2 amide bonds. The summed E-state index contributed by atoms with van der Waals surface area (Å²) in [7, 11) is 0. The lowest BCUT2D eigenvalue weighted by Gasteiger charge is -2.21. The monoisotopic (exact) mass is 330 g/mol. The summed E-state index contributed by atoms with van der Waals surface area (Å²) < 4.78 is 37.9. The second kappa shape index (κ2) is 7.99. The SMILES string of the molecule is CC(=O)N(CCC(C)C)CC(=O)Nc1cccc(C(F)(F)F)c1. The third-order valence-corrected chi connectivity index (χ3v) is 3.23. The van der Waals surface area contributed by atoms with E-state index in [9.17, 15) is 22.8 Å². The lowest BCUT2D eigenvalue weighted by atomic mass is 10.1. The van der Waals surface area contributed by atoms with Crippen LogP contribution in [-0.4, -0.2) is 29.8 Å². The molecule has 0 aliphatic heterocycles. The first-order valence-corrected chi connectivity index (χ1v) is 7.32. The molecule has 0 aliphatic carbocycles. The third-order valence-electron chi connectivity index (χ3n) is 3.23. The largest absolute Gasteiger partial charge is 0.416 e. The summed E-state index contributed by atoms with van der Waals surface area (Å²) in [5.41, 5.74) is -0.782. The zero-order valence-electron chi connectivity index (χ0n) is 13.4. The van der Waals surface area contributed by atoms with Gasteiger partial charge in [0.15, 0.2) is 0 Å². The number of alkyl halides is 3. The summed E-state index contributed by atoms with van der Waals surface area (Å²) in [6.45, 7) is 5.61. The minimum absolute atomic E-state index is 0.0530. The van der Waals surface area contributed by atoms with Crippen molar-refractivity contribution in [1.82, 2.24) is 4.90 Å². The molecule has 0 heterocycles. The van der Waals surface area contributed by atoms with Gasteiger partial charge in [-0.1, -0.05) is 19.9 Å². The summed E-state index contributed by atoms with van der Waals surface area (Å²) in [4.78, 5) is 24.9. The Morgan fingerprint density at radius 1 is 1.26 bits per heavy atom. The van der Waals surface area contributed by atoms with Gasteiger partial charge in [0.2, 0.25) is 11.8 Å². The minimum atomic E-state index is -4.47. The summed E-state index contributed by atoms with van der Waals surface area (Å²) in [6, 6.07) is 4.39. The molecule has 0 unspecified atom stereocenters. The highest BCUT2D eigenvalue weighted by Gasteiger charge is 2.30. The van der Waals surface area contributed by atoms with Gasteiger partial charge in [-0.25, -0.2) is 0 Å². The van der Waals surface area contributed by atoms with Gasteiger partial charge in [0, 0.05) is 19.2 Å². The van der Waals surface area contributed by atoms with Crippen LogP contribution in [-0.2, 0) is 15.8 Å². The van der Waals surface area contributed by atoms with E-state index in [1.807, 2.05) is 13.8 Å². The average Bonchev–Trinajstić information content (AvgIpc) is 2.42. The van der Waals surface area contributed by atoms with Crippen molar-refractivity contribution in [3.63, 3.8) is 0 Å². The Hall–Kier alpha value is -2.05. The number of carbonyl (C=O) groups excluding carboxylic acids is 2. The molecule has 0 spiro atoms. The van der Waals surface area contributed by atoms with E-state index in [0.29, 0.717) is 12.5 Å². The van der Waals surface area contributed by atoms with Gasteiger partial charge in [0.1, 0.15) is 0 Å². The Morgan fingerprint density at radius 2 is 1.91 bits per heavy atom. The summed E-state index contributed by atoms with van der Waals surface area (Å²) in [5, 5.41) is 2.39. The molecule has 0 saturated carbocycles. The van der Waals surface area contributed by atoms with Crippen LogP contribution in [0.5, 0.6) is 0 Å². The molecule has 0 saturated heterocycles. The Kier molecular flexibility index (Phi) is 6.60. The molecule has 7 heteroatoms. The molecule has 0 aliphatic rings. The van der Waals surface area contributed by atoms with Gasteiger partial charge in [-0.3, -0.25) is 9.59 Å². The van der Waals surface area contributed by atoms with E-state index in [0.717, 1.165) is 18.6 Å². The molecule has 1 rings (SSSR count). The van der Waals surface area contributed by atoms with Crippen LogP contribution in [0.1, 0.15) is 32.8 Å². The topological polar surface area (TPSA) is 49.4 Å². The van der Waals surface area contributed by atoms with Crippen LogP contribution in [0.15, 0.2) is 24.3 Å². The van der Waals surface area contributed by atoms with Crippen LogP contribution in [0, 0.1) is 5.92 Å². The number of rotatable bonds is 6. The number of nitrogens with one attached hydrogen (secondary N) is 1. The molecular weight excluding hydrogens is 309 g/mol. The lowest BCUT2D eigenvalue weighted by molar-refractivity contribution is -0.137. The first-order chi connectivity index (χ1) is 10.6. The van der Waals surface area contributed by atoms with Crippen molar-refractivity contribution in [2.75, 3.05) is 18.4 Å². The van der Waals surface area contributed by atoms with E-state index in [1.165, 1.54) is 24.0 Å². The number of hydrogen-bond donors (Lipinski definition) is 1. The quantitative estimate of drug-likeness (QED) is 0.867. The molecule has 0 aromatic heterocycles. The van der Waals surface area contributed by atoms with Gasteiger partial charge >= 0.3 is 6.18 Å². The Bertz CT molecular complexity index is 557. The molecule has 23 heavy (non-hydrogen) atoms. The van der Waals surface area contributed by atoms with Gasteiger partial charge in [-0.15, -0.1) is 0 Å². The number of anilines is 1. The predicted octanol–water partition coefficient (Wildman–Crippen LogP) is 3.54. The number of nitrogens with zero attached hydrogens (tertiary/aromatic N) is 1. The fourth-order valence-corrected chi connectivity index (χ4v) is 1.91. The maximum Gasteiger partial charge on any atom is 0.416 e. The molecule has 0 radical (unpaired) electrons. The van der Waals surface area contributed by atoms with E-state index < -0.39 is 17.6 Å². The van der Waals surface area contributed by atoms with Crippen LogP contribution in [0.3, 0.4) is 0 Å². The van der Waals surface area contributed by atoms with Crippen LogP contribution in [0.2, 0.25) is 0 Å². The highest BCUT2D eigenvalue weighted by Crippen LogP contribution is 2.30. The molecule has 0 bridgehead atoms. The number of amides is 2. The highest BCUT2D eigenvalue weighted by atomic mass is 19.4. The number of halogens is 3. The standard InChI is InChI=1S/C16H21F3N2O2/c1-11(2)7-8-21(12(3)22)10-15(23)20-14-6-4-5-13(9-14)16(17,18)19/h4-6,9,11H,7-8,10H2,1-3H3,(H,20,23).